The van der Waals surface area contributed by atoms with Crippen molar-refractivity contribution in [2.24, 2.45) is 5.73 Å². The summed E-state index contributed by atoms with van der Waals surface area (Å²) in [5.41, 5.74) is 4.57. The third-order valence-corrected chi connectivity index (χ3v) is 5.39. The normalized spacial score (nSPS) is 15.6. The molecule has 1 heterocycles. The molecule has 174 valence electrons. The van der Waals surface area contributed by atoms with Crippen LogP contribution in [0.3, 0.4) is 0 Å². The third-order valence-electron chi connectivity index (χ3n) is 5.39. The number of aliphatic carboxylic acids is 1. The first-order valence-electron chi connectivity index (χ1n) is 12.0. The van der Waals surface area contributed by atoms with Crippen molar-refractivity contribution in [1.82, 2.24) is 4.90 Å². The van der Waals surface area contributed by atoms with E-state index in [0.717, 1.165) is 39.3 Å². The SMILES string of the molecule is CCCCCCCCCCCCCCCC(O)CN1CCOCC1.NCC(=O)O. The predicted molar refractivity (Wildman–Crippen MR) is 120 cm³/mol. The number of unbranched alkanes of at least 4 members (excludes halogenated alkanes) is 12. The number of nitrogens with zero attached hydrogens (tertiary/aromatic N) is 1. The highest BCUT2D eigenvalue weighted by atomic mass is 16.5. The van der Waals surface area contributed by atoms with E-state index in [1.54, 1.807) is 0 Å². The molecule has 0 spiro atoms. The summed E-state index contributed by atoms with van der Waals surface area (Å²) in [6.07, 6.45) is 18.8. The van der Waals surface area contributed by atoms with Crippen LogP contribution in [0.5, 0.6) is 0 Å². The van der Waals surface area contributed by atoms with Gasteiger partial charge in [0.05, 0.1) is 25.9 Å². The van der Waals surface area contributed by atoms with Crippen LogP contribution >= 0.6 is 0 Å². The fourth-order valence-electron chi connectivity index (χ4n) is 3.57. The molecule has 1 fully saturated rings. The van der Waals surface area contributed by atoms with Gasteiger partial charge in [0.2, 0.25) is 0 Å². The molecule has 4 N–H and O–H groups in total. The summed E-state index contributed by atoms with van der Waals surface area (Å²) in [6.45, 7) is 6.45. The number of carbonyl (C=O) groups is 1. The Morgan fingerprint density at radius 2 is 1.31 bits per heavy atom. The Labute approximate surface area is 179 Å². The monoisotopic (exact) mass is 416 g/mol. The van der Waals surface area contributed by atoms with E-state index < -0.39 is 5.97 Å². The van der Waals surface area contributed by atoms with Gasteiger partial charge in [-0.05, 0) is 6.42 Å². The van der Waals surface area contributed by atoms with E-state index in [0.29, 0.717) is 0 Å². The molecule has 6 heteroatoms. The highest BCUT2D eigenvalue weighted by Gasteiger charge is 2.14. The smallest absolute Gasteiger partial charge is 0.317 e. The number of aliphatic hydroxyl groups excluding tert-OH is 1. The molecule has 1 rings (SSSR count). The molecule has 0 aliphatic carbocycles. The number of carboxylic acids is 1. The molecule has 0 radical (unpaired) electrons. The zero-order valence-electron chi connectivity index (χ0n) is 19.0. The Hall–Kier alpha value is -0.690. The minimum Gasteiger partial charge on any atom is -0.480 e. The van der Waals surface area contributed by atoms with Crippen molar-refractivity contribution in [3.8, 4) is 0 Å². The Morgan fingerprint density at radius 1 is 0.897 bits per heavy atom. The summed E-state index contributed by atoms with van der Waals surface area (Å²) in [7, 11) is 0. The van der Waals surface area contributed by atoms with Crippen molar-refractivity contribution < 1.29 is 19.7 Å². The van der Waals surface area contributed by atoms with Crippen LogP contribution in [0.4, 0.5) is 0 Å². The van der Waals surface area contributed by atoms with Gasteiger partial charge >= 0.3 is 5.97 Å². The standard InChI is InChI=1S/C21H43NO2.C2H5NO2/c1-2-3-4-5-6-7-8-9-10-11-12-13-14-15-21(23)20-22-16-18-24-19-17-22;3-1-2(4)5/h21,23H,2-20H2,1H3;1,3H2,(H,4,5). The number of hydrogen-bond donors (Lipinski definition) is 3. The summed E-state index contributed by atoms with van der Waals surface area (Å²) >= 11 is 0. The van der Waals surface area contributed by atoms with Crippen LogP contribution in [0.2, 0.25) is 0 Å². The van der Waals surface area contributed by atoms with Crippen LogP contribution in [0.25, 0.3) is 0 Å². The molecule has 0 saturated carbocycles. The van der Waals surface area contributed by atoms with E-state index in [1.165, 1.54) is 83.5 Å². The number of β-amino-alcohol motifs (C(OH)–C–C–N with tert-alkyl or cyclic N) is 1. The maximum Gasteiger partial charge on any atom is 0.317 e. The Bertz CT molecular complexity index is 350. The average molecular weight is 417 g/mol. The minimum atomic E-state index is -0.968. The quantitative estimate of drug-likeness (QED) is 0.308. The molecule has 1 aliphatic rings. The second-order valence-corrected chi connectivity index (χ2v) is 8.20. The second-order valence-electron chi connectivity index (χ2n) is 8.20. The maximum atomic E-state index is 10.1. The van der Waals surface area contributed by atoms with Gasteiger partial charge in [-0.1, -0.05) is 90.4 Å². The molecule has 6 nitrogen and oxygen atoms in total. The summed E-state index contributed by atoms with van der Waals surface area (Å²) in [6, 6.07) is 0. The molecule has 0 bridgehead atoms. The van der Waals surface area contributed by atoms with Gasteiger partial charge in [-0.25, -0.2) is 0 Å². The molecule has 0 aromatic carbocycles. The molecule has 1 atom stereocenters. The van der Waals surface area contributed by atoms with Gasteiger partial charge in [-0.3, -0.25) is 9.69 Å². The number of morpholine rings is 1. The molecule has 0 aromatic heterocycles. The van der Waals surface area contributed by atoms with Gasteiger partial charge < -0.3 is 20.7 Å². The zero-order valence-corrected chi connectivity index (χ0v) is 19.0. The summed E-state index contributed by atoms with van der Waals surface area (Å²) in [5, 5.41) is 17.7. The van der Waals surface area contributed by atoms with Crippen LogP contribution in [0, 0.1) is 0 Å². The first-order chi connectivity index (χ1) is 14.1. The number of nitrogens with two attached hydrogens (primary N) is 1. The molecule has 1 unspecified atom stereocenters. The molecule has 1 saturated heterocycles. The first-order valence-corrected chi connectivity index (χ1v) is 12.0. The van der Waals surface area contributed by atoms with Crippen LogP contribution in [0.1, 0.15) is 96.8 Å². The lowest BCUT2D eigenvalue weighted by Crippen LogP contribution is -2.40. The van der Waals surface area contributed by atoms with Crippen molar-refractivity contribution in [3.63, 3.8) is 0 Å². The van der Waals surface area contributed by atoms with Crippen LogP contribution in [0.15, 0.2) is 0 Å². The van der Waals surface area contributed by atoms with E-state index in [1.807, 2.05) is 0 Å². The van der Waals surface area contributed by atoms with Crippen LogP contribution in [-0.2, 0) is 9.53 Å². The van der Waals surface area contributed by atoms with Gasteiger partial charge in [-0.15, -0.1) is 0 Å². The Morgan fingerprint density at radius 3 is 1.72 bits per heavy atom. The fourth-order valence-corrected chi connectivity index (χ4v) is 3.57. The van der Waals surface area contributed by atoms with E-state index in [2.05, 4.69) is 17.6 Å². The number of aliphatic hydroxyl groups is 1. The largest absolute Gasteiger partial charge is 0.480 e. The summed E-state index contributed by atoms with van der Waals surface area (Å²) in [4.78, 5) is 11.6. The van der Waals surface area contributed by atoms with Crippen molar-refractivity contribution in [2.75, 3.05) is 39.4 Å². The van der Waals surface area contributed by atoms with E-state index in [9.17, 15) is 9.90 Å². The second kappa shape index (κ2) is 22.0. The third kappa shape index (κ3) is 21.8. The predicted octanol–water partition coefficient (Wildman–Crippen LogP) is 4.19. The van der Waals surface area contributed by atoms with E-state index in [-0.39, 0.29) is 12.6 Å². The first kappa shape index (κ1) is 28.3. The Balaban J connectivity index is 0.00000139. The molecule has 0 amide bonds. The van der Waals surface area contributed by atoms with Crippen molar-refractivity contribution in [2.45, 2.75) is 103 Å². The number of ether oxygens (including phenoxy) is 1. The van der Waals surface area contributed by atoms with Crippen molar-refractivity contribution in [3.05, 3.63) is 0 Å². The molecular weight excluding hydrogens is 368 g/mol. The van der Waals surface area contributed by atoms with Crippen LogP contribution < -0.4 is 5.73 Å². The van der Waals surface area contributed by atoms with Gasteiger partial charge in [0, 0.05) is 19.6 Å². The topological polar surface area (TPSA) is 96.0 Å². The lowest BCUT2D eigenvalue weighted by atomic mass is 10.0. The number of hydrogen-bond acceptors (Lipinski definition) is 5. The molecule has 29 heavy (non-hydrogen) atoms. The molecular formula is C23H48N2O4. The molecule has 0 aromatic rings. The maximum absolute atomic E-state index is 10.1. The van der Waals surface area contributed by atoms with Gasteiger partial charge in [0.25, 0.3) is 0 Å². The van der Waals surface area contributed by atoms with Crippen molar-refractivity contribution in [1.29, 1.82) is 0 Å². The number of rotatable bonds is 17. The fraction of sp³-hybridized carbons (Fsp3) is 0.957. The number of carboxylic acid groups (broad SMARTS) is 1. The van der Waals surface area contributed by atoms with Crippen molar-refractivity contribution >= 4 is 5.97 Å². The van der Waals surface area contributed by atoms with E-state index in [4.69, 9.17) is 9.84 Å². The van der Waals surface area contributed by atoms with Gasteiger partial charge in [-0.2, -0.15) is 0 Å². The summed E-state index contributed by atoms with van der Waals surface area (Å²) < 4.78 is 5.34. The molecule has 1 aliphatic heterocycles. The highest BCUT2D eigenvalue weighted by molar-refractivity contribution is 5.68. The van der Waals surface area contributed by atoms with Crippen LogP contribution in [-0.4, -0.2) is 66.6 Å². The minimum absolute atomic E-state index is 0.143. The zero-order chi connectivity index (χ0) is 21.6. The lowest BCUT2D eigenvalue weighted by molar-refractivity contribution is -0.135. The highest BCUT2D eigenvalue weighted by Crippen LogP contribution is 2.13. The lowest BCUT2D eigenvalue weighted by Gasteiger charge is -2.28. The van der Waals surface area contributed by atoms with Gasteiger partial charge in [0.15, 0.2) is 0 Å². The van der Waals surface area contributed by atoms with Gasteiger partial charge in [0.1, 0.15) is 0 Å². The van der Waals surface area contributed by atoms with E-state index >= 15 is 0 Å². The summed E-state index contributed by atoms with van der Waals surface area (Å²) in [5.74, 6) is -0.968. The Kier molecular flexibility index (Phi) is 21.5. The average Bonchev–Trinajstić information content (AvgIpc) is 2.72.